The molecule has 0 bridgehead atoms. The molecule has 0 spiro atoms. The minimum absolute atomic E-state index is 0.0460. The van der Waals surface area contributed by atoms with Gasteiger partial charge in [0.2, 0.25) is 11.8 Å². The van der Waals surface area contributed by atoms with Crippen LogP contribution in [-0.2, 0) is 4.79 Å². The van der Waals surface area contributed by atoms with E-state index in [0.717, 1.165) is 11.1 Å². The highest BCUT2D eigenvalue weighted by Gasteiger charge is 2.24. The predicted molar refractivity (Wildman–Crippen MR) is 110 cm³/mol. The standard InChI is InChI=1S/C23H19N3O3/c1-28-19-14-8-13-18(15-19)22-25-26-23(29-22)24-21(27)20(16-9-4-2-5-10-16)17-11-6-3-7-12-17/h2-15,20H,1H3,(H,24,26,27). The first-order valence-electron chi connectivity index (χ1n) is 9.13. The average molecular weight is 385 g/mol. The van der Waals surface area contributed by atoms with Gasteiger partial charge in [0.15, 0.2) is 0 Å². The molecule has 0 unspecified atom stereocenters. The topological polar surface area (TPSA) is 77.3 Å². The average Bonchev–Trinajstić information content (AvgIpc) is 3.24. The van der Waals surface area contributed by atoms with E-state index in [2.05, 4.69) is 15.5 Å². The number of nitrogens with zero attached hydrogens (tertiary/aromatic N) is 2. The van der Waals surface area contributed by atoms with Crippen molar-refractivity contribution >= 4 is 11.9 Å². The minimum atomic E-state index is -0.496. The monoisotopic (exact) mass is 385 g/mol. The second kappa shape index (κ2) is 8.39. The second-order valence-electron chi connectivity index (χ2n) is 6.39. The Kier molecular flexibility index (Phi) is 5.33. The van der Waals surface area contributed by atoms with Gasteiger partial charge in [-0.1, -0.05) is 71.8 Å². The normalized spacial score (nSPS) is 10.7. The van der Waals surface area contributed by atoms with Crippen molar-refractivity contribution in [3.63, 3.8) is 0 Å². The van der Waals surface area contributed by atoms with E-state index >= 15 is 0 Å². The lowest BCUT2D eigenvalue weighted by Crippen LogP contribution is -2.22. The van der Waals surface area contributed by atoms with E-state index in [9.17, 15) is 4.79 Å². The zero-order valence-electron chi connectivity index (χ0n) is 15.8. The van der Waals surface area contributed by atoms with Crippen LogP contribution in [0.25, 0.3) is 11.5 Å². The van der Waals surface area contributed by atoms with Crippen molar-refractivity contribution in [2.75, 3.05) is 12.4 Å². The van der Waals surface area contributed by atoms with E-state index in [4.69, 9.17) is 9.15 Å². The number of carbonyl (C=O) groups is 1. The Morgan fingerprint density at radius 2 is 1.55 bits per heavy atom. The third-order valence-electron chi connectivity index (χ3n) is 4.50. The molecule has 0 fully saturated rings. The predicted octanol–water partition coefficient (Wildman–Crippen LogP) is 4.52. The number of amides is 1. The van der Waals surface area contributed by atoms with Crippen LogP contribution in [-0.4, -0.2) is 23.2 Å². The highest BCUT2D eigenvalue weighted by atomic mass is 16.5. The van der Waals surface area contributed by atoms with E-state index in [1.54, 1.807) is 13.2 Å². The summed E-state index contributed by atoms with van der Waals surface area (Å²) in [7, 11) is 1.59. The Labute approximate surface area is 168 Å². The van der Waals surface area contributed by atoms with Gasteiger partial charge in [0.1, 0.15) is 5.75 Å². The third kappa shape index (κ3) is 4.16. The fourth-order valence-electron chi connectivity index (χ4n) is 3.11. The lowest BCUT2D eigenvalue weighted by molar-refractivity contribution is -0.116. The first-order chi connectivity index (χ1) is 14.2. The molecule has 3 aromatic carbocycles. The third-order valence-corrected chi connectivity index (χ3v) is 4.50. The highest BCUT2D eigenvalue weighted by molar-refractivity contribution is 5.96. The molecule has 0 aliphatic carbocycles. The molecular formula is C23H19N3O3. The first kappa shape index (κ1) is 18.4. The van der Waals surface area contributed by atoms with Crippen LogP contribution < -0.4 is 10.1 Å². The van der Waals surface area contributed by atoms with Crippen LogP contribution in [0.3, 0.4) is 0 Å². The quantitative estimate of drug-likeness (QED) is 0.528. The molecule has 0 saturated heterocycles. The summed E-state index contributed by atoms with van der Waals surface area (Å²) in [5.74, 6) is 0.238. The van der Waals surface area contributed by atoms with Gasteiger partial charge in [-0.25, -0.2) is 0 Å². The maximum Gasteiger partial charge on any atom is 0.322 e. The zero-order chi connectivity index (χ0) is 20.1. The Hall–Kier alpha value is -3.93. The van der Waals surface area contributed by atoms with Crippen LogP contribution in [0.2, 0.25) is 0 Å². The molecule has 29 heavy (non-hydrogen) atoms. The van der Waals surface area contributed by atoms with Crippen LogP contribution in [0.4, 0.5) is 6.01 Å². The fourth-order valence-corrected chi connectivity index (χ4v) is 3.11. The van der Waals surface area contributed by atoms with E-state index in [1.807, 2.05) is 78.9 Å². The number of rotatable bonds is 6. The van der Waals surface area contributed by atoms with Crippen molar-refractivity contribution in [2.24, 2.45) is 0 Å². The Morgan fingerprint density at radius 3 is 2.17 bits per heavy atom. The molecule has 1 N–H and O–H groups in total. The number of hydrogen-bond donors (Lipinski definition) is 1. The van der Waals surface area contributed by atoms with Crippen molar-refractivity contribution in [3.8, 4) is 17.2 Å². The van der Waals surface area contributed by atoms with Crippen LogP contribution in [0.1, 0.15) is 17.0 Å². The minimum Gasteiger partial charge on any atom is -0.497 e. The highest BCUT2D eigenvalue weighted by Crippen LogP contribution is 2.27. The second-order valence-corrected chi connectivity index (χ2v) is 6.39. The summed E-state index contributed by atoms with van der Waals surface area (Å²) in [5, 5.41) is 10.7. The fraction of sp³-hybridized carbons (Fsp3) is 0.0870. The van der Waals surface area contributed by atoms with Crippen molar-refractivity contribution in [3.05, 3.63) is 96.1 Å². The molecule has 6 nitrogen and oxygen atoms in total. The summed E-state index contributed by atoms with van der Waals surface area (Å²) in [4.78, 5) is 13.1. The summed E-state index contributed by atoms with van der Waals surface area (Å²) < 4.78 is 10.9. The van der Waals surface area contributed by atoms with Gasteiger partial charge in [-0.3, -0.25) is 10.1 Å². The smallest absolute Gasteiger partial charge is 0.322 e. The number of aromatic nitrogens is 2. The van der Waals surface area contributed by atoms with Gasteiger partial charge in [0, 0.05) is 5.56 Å². The molecule has 1 aromatic heterocycles. The van der Waals surface area contributed by atoms with Gasteiger partial charge >= 0.3 is 6.01 Å². The van der Waals surface area contributed by atoms with Crippen LogP contribution in [0.5, 0.6) is 5.75 Å². The maximum atomic E-state index is 13.1. The van der Waals surface area contributed by atoms with Crippen molar-refractivity contribution < 1.29 is 13.9 Å². The van der Waals surface area contributed by atoms with Gasteiger partial charge in [-0.15, -0.1) is 5.10 Å². The molecule has 0 aliphatic rings. The van der Waals surface area contributed by atoms with Gasteiger partial charge in [0.25, 0.3) is 0 Å². The summed E-state index contributed by atoms with van der Waals surface area (Å²) in [6.45, 7) is 0. The van der Waals surface area contributed by atoms with Crippen molar-refractivity contribution in [1.29, 1.82) is 0 Å². The molecule has 0 aliphatic heterocycles. The Balaban J connectivity index is 1.59. The van der Waals surface area contributed by atoms with E-state index in [1.165, 1.54) is 0 Å². The summed E-state index contributed by atoms with van der Waals surface area (Å²) in [6, 6.07) is 26.5. The van der Waals surface area contributed by atoms with Crippen LogP contribution in [0.15, 0.2) is 89.3 Å². The number of nitrogens with one attached hydrogen (secondary N) is 1. The summed E-state index contributed by atoms with van der Waals surface area (Å²) in [6.07, 6.45) is 0. The van der Waals surface area contributed by atoms with Gasteiger partial charge < -0.3 is 9.15 Å². The largest absolute Gasteiger partial charge is 0.497 e. The van der Waals surface area contributed by atoms with E-state index in [-0.39, 0.29) is 11.9 Å². The molecule has 6 heteroatoms. The molecule has 4 aromatic rings. The number of carbonyl (C=O) groups excluding carboxylic acids is 1. The SMILES string of the molecule is COc1cccc(-c2nnc(NC(=O)C(c3ccccc3)c3ccccc3)o2)c1. The van der Waals surface area contributed by atoms with Crippen LogP contribution in [0, 0.1) is 0 Å². The lowest BCUT2D eigenvalue weighted by atomic mass is 9.90. The number of ether oxygens (including phenoxy) is 1. The van der Waals surface area contributed by atoms with Crippen molar-refractivity contribution in [1.82, 2.24) is 10.2 Å². The van der Waals surface area contributed by atoms with E-state index in [0.29, 0.717) is 17.2 Å². The summed E-state index contributed by atoms with van der Waals surface area (Å²) in [5.41, 5.74) is 2.47. The number of methoxy groups -OCH3 is 1. The molecule has 4 rings (SSSR count). The maximum absolute atomic E-state index is 13.1. The molecule has 1 amide bonds. The van der Waals surface area contributed by atoms with E-state index < -0.39 is 5.92 Å². The van der Waals surface area contributed by atoms with Gasteiger partial charge in [-0.05, 0) is 29.3 Å². The number of benzene rings is 3. The lowest BCUT2D eigenvalue weighted by Gasteiger charge is -2.16. The van der Waals surface area contributed by atoms with Crippen LogP contribution >= 0.6 is 0 Å². The summed E-state index contributed by atoms with van der Waals surface area (Å²) >= 11 is 0. The Morgan fingerprint density at radius 1 is 0.897 bits per heavy atom. The molecule has 144 valence electrons. The first-order valence-corrected chi connectivity index (χ1v) is 9.13. The number of anilines is 1. The zero-order valence-corrected chi connectivity index (χ0v) is 15.8. The van der Waals surface area contributed by atoms with Gasteiger partial charge in [0.05, 0.1) is 13.0 Å². The number of hydrogen-bond acceptors (Lipinski definition) is 5. The molecule has 1 heterocycles. The molecular weight excluding hydrogens is 366 g/mol. The van der Waals surface area contributed by atoms with Gasteiger partial charge in [-0.2, -0.15) is 0 Å². The Bertz CT molecular complexity index is 1060. The molecule has 0 saturated carbocycles. The molecule has 0 atom stereocenters. The molecule has 0 radical (unpaired) electrons. The van der Waals surface area contributed by atoms with Crippen molar-refractivity contribution in [2.45, 2.75) is 5.92 Å².